The van der Waals surface area contributed by atoms with E-state index in [1.807, 2.05) is 0 Å². The van der Waals surface area contributed by atoms with Crippen LogP contribution in [0.5, 0.6) is 0 Å². The molecule has 5 heteroatoms. The Morgan fingerprint density at radius 2 is 0.726 bits per heavy atom. The van der Waals surface area contributed by atoms with Gasteiger partial charge in [0.25, 0.3) is 0 Å². The molecule has 0 saturated carbocycles. The first-order valence-electron chi connectivity index (χ1n) is 25.4. The van der Waals surface area contributed by atoms with Gasteiger partial charge in [0, 0.05) is 19.4 Å². The van der Waals surface area contributed by atoms with Gasteiger partial charge in [0.1, 0.15) is 6.61 Å². The number of allylic oxidation sites excluding steroid dienone is 18. The van der Waals surface area contributed by atoms with Crippen LogP contribution in [0.1, 0.15) is 213 Å². The largest absolute Gasteiger partial charge is 0.462 e. The molecule has 0 spiro atoms. The van der Waals surface area contributed by atoms with Crippen LogP contribution in [-0.4, -0.2) is 37.9 Å². The normalized spacial score (nSPS) is 13.1. The van der Waals surface area contributed by atoms with Gasteiger partial charge in [-0.05, 0) is 116 Å². The van der Waals surface area contributed by atoms with Gasteiger partial charge in [-0.1, -0.05) is 194 Å². The minimum atomic E-state index is -0.571. The van der Waals surface area contributed by atoms with Crippen LogP contribution in [0, 0.1) is 0 Å². The molecule has 0 aliphatic rings. The zero-order valence-corrected chi connectivity index (χ0v) is 40.3. The van der Waals surface area contributed by atoms with E-state index < -0.39 is 6.10 Å². The lowest BCUT2D eigenvalue weighted by atomic mass is 10.1. The molecule has 62 heavy (non-hydrogen) atoms. The Hall–Kier alpha value is -3.44. The van der Waals surface area contributed by atoms with Crippen LogP contribution in [0.15, 0.2) is 109 Å². The second-order valence-electron chi connectivity index (χ2n) is 16.3. The highest BCUT2D eigenvalue weighted by Crippen LogP contribution is 2.13. The second kappa shape index (κ2) is 51.9. The lowest BCUT2D eigenvalue weighted by Gasteiger charge is -2.18. The molecule has 0 aromatic heterocycles. The molecule has 1 unspecified atom stereocenters. The Morgan fingerprint density at radius 1 is 0.371 bits per heavy atom. The van der Waals surface area contributed by atoms with Crippen LogP contribution in [0.25, 0.3) is 0 Å². The van der Waals surface area contributed by atoms with Gasteiger partial charge in [0.15, 0.2) is 6.10 Å². The molecule has 0 aromatic carbocycles. The molecular formula is C57H94O5. The SMILES string of the molecule is CC/C=C\C/C=C\C/C=C\C/C=C\CCCCC(=O)OCC(COCCCCCCCCCC/C=C\C/C=C\C/C=C\CC)OC(=O)CCCCCCC/C=C\C/C=C\CCC. The Morgan fingerprint density at radius 3 is 1.19 bits per heavy atom. The monoisotopic (exact) mass is 859 g/mol. The Labute approximate surface area is 383 Å². The first-order valence-corrected chi connectivity index (χ1v) is 25.4. The molecular weight excluding hydrogens is 765 g/mol. The van der Waals surface area contributed by atoms with Gasteiger partial charge in [-0.25, -0.2) is 0 Å². The van der Waals surface area contributed by atoms with Crippen molar-refractivity contribution in [3.05, 3.63) is 109 Å². The first-order chi connectivity index (χ1) is 30.6. The van der Waals surface area contributed by atoms with E-state index >= 15 is 0 Å². The van der Waals surface area contributed by atoms with Crippen molar-refractivity contribution < 1.29 is 23.8 Å². The van der Waals surface area contributed by atoms with Crippen molar-refractivity contribution in [3.63, 3.8) is 0 Å². The number of unbranched alkanes of at least 4 members (excludes halogenated alkanes) is 16. The van der Waals surface area contributed by atoms with E-state index in [1.54, 1.807) is 0 Å². The van der Waals surface area contributed by atoms with E-state index in [4.69, 9.17) is 14.2 Å². The number of rotatable bonds is 45. The predicted octanol–water partition coefficient (Wildman–Crippen LogP) is 17.2. The molecule has 0 amide bonds. The van der Waals surface area contributed by atoms with E-state index in [2.05, 4.69) is 130 Å². The third kappa shape index (κ3) is 49.2. The fourth-order valence-electron chi connectivity index (χ4n) is 6.55. The van der Waals surface area contributed by atoms with E-state index in [-0.39, 0.29) is 25.2 Å². The molecule has 0 N–H and O–H groups in total. The van der Waals surface area contributed by atoms with E-state index in [1.165, 1.54) is 64.2 Å². The molecule has 0 aliphatic heterocycles. The maximum atomic E-state index is 12.8. The van der Waals surface area contributed by atoms with Crippen LogP contribution in [0.4, 0.5) is 0 Å². The molecule has 0 aliphatic carbocycles. The van der Waals surface area contributed by atoms with Crippen LogP contribution in [-0.2, 0) is 23.8 Å². The van der Waals surface area contributed by atoms with Gasteiger partial charge in [-0.15, -0.1) is 0 Å². The maximum absolute atomic E-state index is 12.8. The maximum Gasteiger partial charge on any atom is 0.306 e. The summed E-state index contributed by atoms with van der Waals surface area (Å²) in [6, 6.07) is 0. The van der Waals surface area contributed by atoms with Gasteiger partial charge in [-0.3, -0.25) is 9.59 Å². The second-order valence-corrected chi connectivity index (χ2v) is 16.3. The van der Waals surface area contributed by atoms with Gasteiger partial charge < -0.3 is 14.2 Å². The highest BCUT2D eigenvalue weighted by Gasteiger charge is 2.17. The standard InChI is InChI=1S/C57H94O5/c1-4-7-10-13-16-19-22-25-27-28-29-31-34-37-40-43-46-49-52-60-53-55(62-57(59)51-48-45-42-39-36-32-24-21-18-15-12-9-6-3)54-61-56(58)50-47-44-41-38-35-33-30-26-23-20-17-14-11-8-5-2/h7-8,10-12,15-17,19-21,24-27,30,35,38,55H,4-6,9,13-14,18,22-23,28-29,31-34,36-37,39-54H2,1-3H3/b10-7-,11-8-,15-12-,19-16-,20-17-,24-21-,27-25-,30-26-,38-35-. The number of hydrogen-bond acceptors (Lipinski definition) is 5. The quantitative estimate of drug-likeness (QED) is 0.0347. The summed E-state index contributed by atoms with van der Waals surface area (Å²) in [5, 5.41) is 0. The number of ether oxygens (including phenoxy) is 3. The van der Waals surface area contributed by atoms with Crippen molar-refractivity contribution in [2.45, 2.75) is 219 Å². The lowest BCUT2D eigenvalue weighted by molar-refractivity contribution is -0.163. The summed E-state index contributed by atoms with van der Waals surface area (Å²) in [6.45, 7) is 7.45. The van der Waals surface area contributed by atoms with Crippen LogP contribution < -0.4 is 0 Å². The summed E-state index contributed by atoms with van der Waals surface area (Å²) in [7, 11) is 0. The molecule has 0 rings (SSSR count). The third-order valence-corrected chi connectivity index (χ3v) is 10.3. The van der Waals surface area contributed by atoms with Crippen molar-refractivity contribution in [1.29, 1.82) is 0 Å². The molecule has 0 heterocycles. The van der Waals surface area contributed by atoms with Crippen LogP contribution in [0.2, 0.25) is 0 Å². The molecule has 5 nitrogen and oxygen atoms in total. The third-order valence-electron chi connectivity index (χ3n) is 10.3. The Kier molecular flexibility index (Phi) is 49.0. The Balaban J connectivity index is 4.37. The fraction of sp³-hybridized carbons (Fsp3) is 0.649. The average Bonchev–Trinajstić information content (AvgIpc) is 3.27. The zero-order valence-electron chi connectivity index (χ0n) is 40.3. The van der Waals surface area contributed by atoms with E-state index in [0.29, 0.717) is 19.4 Å². The fourth-order valence-corrected chi connectivity index (χ4v) is 6.55. The molecule has 352 valence electrons. The summed E-state index contributed by atoms with van der Waals surface area (Å²) < 4.78 is 17.3. The van der Waals surface area contributed by atoms with Crippen molar-refractivity contribution >= 4 is 11.9 Å². The highest BCUT2D eigenvalue weighted by atomic mass is 16.6. The van der Waals surface area contributed by atoms with E-state index in [9.17, 15) is 9.59 Å². The topological polar surface area (TPSA) is 61.8 Å². The summed E-state index contributed by atoms with van der Waals surface area (Å²) >= 11 is 0. The summed E-state index contributed by atoms with van der Waals surface area (Å²) in [4.78, 5) is 25.4. The molecule has 1 atom stereocenters. The number of esters is 2. The summed E-state index contributed by atoms with van der Waals surface area (Å²) in [6.07, 6.45) is 71.0. The molecule has 0 fully saturated rings. The number of carbonyl (C=O) groups is 2. The van der Waals surface area contributed by atoms with Crippen molar-refractivity contribution in [2.24, 2.45) is 0 Å². The Bertz CT molecular complexity index is 1250. The van der Waals surface area contributed by atoms with Crippen LogP contribution >= 0.6 is 0 Å². The van der Waals surface area contributed by atoms with Gasteiger partial charge in [0.05, 0.1) is 6.61 Å². The summed E-state index contributed by atoms with van der Waals surface area (Å²) in [5.41, 5.74) is 0. The minimum Gasteiger partial charge on any atom is -0.462 e. The zero-order chi connectivity index (χ0) is 44.9. The number of hydrogen-bond donors (Lipinski definition) is 0. The lowest BCUT2D eigenvalue weighted by Crippen LogP contribution is -2.30. The van der Waals surface area contributed by atoms with Crippen molar-refractivity contribution in [3.8, 4) is 0 Å². The average molecular weight is 859 g/mol. The van der Waals surface area contributed by atoms with Gasteiger partial charge >= 0.3 is 11.9 Å². The van der Waals surface area contributed by atoms with Crippen molar-refractivity contribution in [2.75, 3.05) is 19.8 Å². The van der Waals surface area contributed by atoms with Crippen molar-refractivity contribution in [1.82, 2.24) is 0 Å². The predicted molar refractivity (Wildman–Crippen MR) is 269 cm³/mol. The van der Waals surface area contributed by atoms with E-state index in [0.717, 1.165) is 116 Å². The first kappa shape index (κ1) is 58.6. The number of carbonyl (C=O) groups excluding carboxylic acids is 2. The molecule has 0 aromatic rings. The van der Waals surface area contributed by atoms with Gasteiger partial charge in [-0.2, -0.15) is 0 Å². The summed E-state index contributed by atoms with van der Waals surface area (Å²) in [5.74, 6) is -0.472. The smallest absolute Gasteiger partial charge is 0.306 e. The van der Waals surface area contributed by atoms with Crippen LogP contribution in [0.3, 0.4) is 0 Å². The van der Waals surface area contributed by atoms with Gasteiger partial charge in [0.2, 0.25) is 0 Å². The molecule has 0 radical (unpaired) electrons. The minimum absolute atomic E-state index is 0.0487. The highest BCUT2D eigenvalue weighted by molar-refractivity contribution is 5.70. The molecule has 0 bridgehead atoms. The molecule has 0 saturated heterocycles.